The minimum atomic E-state index is -0.881. The molecule has 0 bridgehead atoms. The minimum absolute atomic E-state index is 0.187. The number of halogens is 2. The molecule has 0 saturated heterocycles. The minimum Gasteiger partial charge on any atom is -0.328 e. The predicted octanol–water partition coefficient (Wildman–Crippen LogP) is 3.02. The number of aromatic nitrogens is 2. The Bertz CT molecular complexity index is 996. The summed E-state index contributed by atoms with van der Waals surface area (Å²) in [6.45, 7) is 3.50. The van der Waals surface area contributed by atoms with Crippen LogP contribution in [0.5, 0.6) is 0 Å². The Kier molecular flexibility index (Phi) is 5.16. The van der Waals surface area contributed by atoms with Crippen LogP contribution in [0.3, 0.4) is 0 Å². The SMILES string of the molecule is CCN(CC(=O)Nc1c(F)cccc1F)C(=O)c1cn2ccc(C)cc2n1. The molecule has 0 fully saturated rings. The van der Waals surface area contributed by atoms with Gasteiger partial charge in [0, 0.05) is 18.9 Å². The lowest BCUT2D eigenvalue weighted by molar-refractivity contribution is -0.116. The molecule has 3 aromatic rings. The Morgan fingerprint density at radius 3 is 2.59 bits per heavy atom. The van der Waals surface area contributed by atoms with Crippen molar-refractivity contribution in [1.29, 1.82) is 0 Å². The molecule has 1 aromatic carbocycles. The van der Waals surface area contributed by atoms with Crippen LogP contribution in [0.25, 0.3) is 5.65 Å². The van der Waals surface area contributed by atoms with Crippen molar-refractivity contribution < 1.29 is 18.4 Å². The quantitative estimate of drug-likeness (QED) is 0.749. The highest BCUT2D eigenvalue weighted by atomic mass is 19.1. The molecule has 140 valence electrons. The fourth-order valence-corrected chi connectivity index (χ4v) is 2.65. The van der Waals surface area contributed by atoms with Crippen molar-refractivity contribution in [2.75, 3.05) is 18.4 Å². The van der Waals surface area contributed by atoms with Crippen LogP contribution in [0, 0.1) is 18.6 Å². The molecule has 0 aliphatic carbocycles. The van der Waals surface area contributed by atoms with Crippen LogP contribution in [0.15, 0.2) is 42.7 Å². The summed E-state index contributed by atoms with van der Waals surface area (Å²) in [5, 5.41) is 2.18. The highest BCUT2D eigenvalue weighted by Crippen LogP contribution is 2.18. The van der Waals surface area contributed by atoms with Gasteiger partial charge in [-0.3, -0.25) is 9.59 Å². The number of hydrogen-bond acceptors (Lipinski definition) is 3. The summed E-state index contributed by atoms with van der Waals surface area (Å²) in [6.07, 6.45) is 3.37. The number of anilines is 1. The third-order valence-corrected chi connectivity index (χ3v) is 4.07. The van der Waals surface area contributed by atoms with Crippen LogP contribution in [0.1, 0.15) is 23.0 Å². The normalized spacial score (nSPS) is 10.8. The lowest BCUT2D eigenvalue weighted by Gasteiger charge is -2.19. The van der Waals surface area contributed by atoms with Crippen LogP contribution in [0.2, 0.25) is 0 Å². The average molecular weight is 372 g/mol. The maximum absolute atomic E-state index is 13.7. The molecule has 27 heavy (non-hydrogen) atoms. The zero-order valence-electron chi connectivity index (χ0n) is 14.9. The molecule has 1 N–H and O–H groups in total. The third kappa shape index (κ3) is 3.94. The molecule has 8 heteroatoms. The van der Waals surface area contributed by atoms with E-state index in [1.165, 1.54) is 11.0 Å². The first-order chi connectivity index (χ1) is 12.9. The van der Waals surface area contributed by atoms with Gasteiger partial charge in [-0.15, -0.1) is 0 Å². The molecule has 6 nitrogen and oxygen atoms in total. The lowest BCUT2D eigenvalue weighted by atomic mass is 10.3. The number of carbonyl (C=O) groups excluding carboxylic acids is 2. The van der Waals surface area contributed by atoms with E-state index in [1.807, 2.05) is 19.1 Å². The first-order valence-corrected chi connectivity index (χ1v) is 8.37. The topological polar surface area (TPSA) is 66.7 Å². The molecule has 0 aliphatic rings. The first kappa shape index (κ1) is 18.5. The largest absolute Gasteiger partial charge is 0.328 e. The Hall–Kier alpha value is -3.29. The average Bonchev–Trinajstić information content (AvgIpc) is 3.05. The number of rotatable bonds is 5. The van der Waals surface area contributed by atoms with Gasteiger partial charge >= 0.3 is 0 Å². The van der Waals surface area contributed by atoms with E-state index in [4.69, 9.17) is 0 Å². The monoisotopic (exact) mass is 372 g/mol. The van der Waals surface area contributed by atoms with E-state index in [9.17, 15) is 18.4 Å². The van der Waals surface area contributed by atoms with Crippen LogP contribution >= 0.6 is 0 Å². The van der Waals surface area contributed by atoms with Gasteiger partial charge in [0.25, 0.3) is 5.91 Å². The van der Waals surface area contributed by atoms with Gasteiger partial charge in [-0.25, -0.2) is 13.8 Å². The second kappa shape index (κ2) is 7.53. The number of carbonyl (C=O) groups is 2. The lowest BCUT2D eigenvalue weighted by Crippen LogP contribution is -2.38. The van der Waals surface area contributed by atoms with E-state index in [-0.39, 0.29) is 18.8 Å². The van der Waals surface area contributed by atoms with Crippen LogP contribution in [-0.4, -0.2) is 39.2 Å². The fourth-order valence-electron chi connectivity index (χ4n) is 2.65. The van der Waals surface area contributed by atoms with Gasteiger partial charge in [-0.1, -0.05) is 6.07 Å². The Morgan fingerprint density at radius 2 is 1.93 bits per heavy atom. The van der Waals surface area contributed by atoms with E-state index in [0.717, 1.165) is 17.7 Å². The highest BCUT2D eigenvalue weighted by molar-refractivity contribution is 5.98. The summed E-state index contributed by atoms with van der Waals surface area (Å²) in [4.78, 5) is 30.4. The molecular weight excluding hydrogens is 354 g/mol. The molecule has 0 unspecified atom stereocenters. The summed E-state index contributed by atoms with van der Waals surface area (Å²) < 4.78 is 29.0. The van der Waals surface area contributed by atoms with Crippen LogP contribution in [0.4, 0.5) is 14.5 Å². The fraction of sp³-hybridized carbons (Fsp3) is 0.211. The van der Waals surface area contributed by atoms with Crippen molar-refractivity contribution in [1.82, 2.24) is 14.3 Å². The highest BCUT2D eigenvalue weighted by Gasteiger charge is 2.21. The Morgan fingerprint density at radius 1 is 1.22 bits per heavy atom. The molecule has 0 spiro atoms. The van der Waals surface area contributed by atoms with Gasteiger partial charge in [0.1, 0.15) is 35.2 Å². The Balaban J connectivity index is 1.75. The molecule has 0 atom stereocenters. The maximum Gasteiger partial charge on any atom is 0.274 e. The van der Waals surface area contributed by atoms with Gasteiger partial charge in [0.2, 0.25) is 5.91 Å². The molecule has 2 aromatic heterocycles. The van der Waals surface area contributed by atoms with Gasteiger partial charge in [0.15, 0.2) is 0 Å². The zero-order valence-corrected chi connectivity index (χ0v) is 14.9. The second-order valence-corrected chi connectivity index (χ2v) is 6.06. The van der Waals surface area contributed by atoms with Gasteiger partial charge in [0.05, 0.1) is 0 Å². The number of hydrogen-bond donors (Lipinski definition) is 1. The smallest absolute Gasteiger partial charge is 0.274 e. The molecule has 2 heterocycles. The van der Waals surface area contributed by atoms with E-state index < -0.39 is 29.1 Å². The number of amides is 2. The standard InChI is InChI=1S/C19H18F2N4O2/c1-3-24(11-17(26)23-18-13(20)5-4-6-14(18)21)19(27)15-10-25-8-7-12(2)9-16(25)22-15/h4-10H,3,11H2,1-2H3,(H,23,26). The number of imidazole rings is 1. The Labute approximate surface area is 154 Å². The van der Waals surface area contributed by atoms with E-state index in [2.05, 4.69) is 10.3 Å². The molecule has 0 radical (unpaired) electrons. The first-order valence-electron chi connectivity index (χ1n) is 8.37. The van der Waals surface area contributed by atoms with Crippen LogP contribution < -0.4 is 5.32 Å². The number of nitrogens with zero attached hydrogens (tertiary/aromatic N) is 3. The molecule has 0 saturated carbocycles. The maximum atomic E-state index is 13.7. The van der Waals surface area contributed by atoms with Crippen molar-refractivity contribution >= 4 is 23.1 Å². The molecular formula is C19H18F2N4O2. The number of benzene rings is 1. The van der Waals surface area contributed by atoms with Crippen molar-refractivity contribution in [3.63, 3.8) is 0 Å². The second-order valence-electron chi connectivity index (χ2n) is 6.06. The van der Waals surface area contributed by atoms with E-state index >= 15 is 0 Å². The van der Waals surface area contributed by atoms with E-state index in [1.54, 1.807) is 23.7 Å². The van der Waals surface area contributed by atoms with Gasteiger partial charge < -0.3 is 14.6 Å². The third-order valence-electron chi connectivity index (χ3n) is 4.07. The summed E-state index contributed by atoms with van der Waals surface area (Å²) in [6, 6.07) is 7.01. The van der Waals surface area contributed by atoms with E-state index in [0.29, 0.717) is 5.65 Å². The molecule has 3 rings (SSSR count). The molecule has 2 amide bonds. The molecule has 0 aliphatic heterocycles. The number of likely N-dealkylation sites (N-methyl/N-ethyl adjacent to an activating group) is 1. The van der Waals surface area contributed by atoms with Crippen molar-refractivity contribution in [3.05, 3.63) is 65.6 Å². The summed E-state index contributed by atoms with van der Waals surface area (Å²) in [7, 11) is 0. The van der Waals surface area contributed by atoms with Crippen molar-refractivity contribution in [3.8, 4) is 0 Å². The summed E-state index contributed by atoms with van der Waals surface area (Å²) in [5.74, 6) is -2.90. The van der Waals surface area contributed by atoms with Crippen molar-refractivity contribution in [2.24, 2.45) is 0 Å². The number of aryl methyl sites for hydroxylation is 1. The summed E-state index contributed by atoms with van der Waals surface area (Å²) in [5.41, 5.74) is 1.28. The zero-order chi connectivity index (χ0) is 19.6. The predicted molar refractivity (Wildman–Crippen MR) is 96.5 cm³/mol. The van der Waals surface area contributed by atoms with Crippen molar-refractivity contribution in [2.45, 2.75) is 13.8 Å². The number of pyridine rings is 1. The number of fused-ring (bicyclic) bond motifs is 1. The number of nitrogens with one attached hydrogen (secondary N) is 1. The number of para-hydroxylation sites is 1. The van der Waals surface area contributed by atoms with Gasteiger partial charge in [-0.05, 0) is 43.7 Å². The van der Waals surface area contributed by atoms with Crippen LogP contribution in [-0.2, 0) is 4.79 Å². The van der Waals surface area contributed by atoms with Gasteiger partial charge in [-0.2, -0.15) is 0 Å². The summed E-state index contributed by atoms with van der Waals surface area (Å²) >= 11 is 0.